The molecule has 162 valence electrons. The van der Waals surface area contributed by atoms with Crippen molar-refractivity contribution in [2.45, 2.75) is 25.4 Å². The van der Waals surface area contributed by atoms with Crippen molar-refractivity contribution in [1.82, 2.24) is 4.90 Å². The number of nitrogen functional groups attached to an aromatic ring is 1. The Morgan fingerprint density at radius 1 is 0.844 bits per heavy atom. The van der Waals surface area contributed by atoms with Crippen LogP contribution < -0.4 is 21.9 Å². The highest BCUT2D eigenvalue weighted by atomic mass is 16.2. The normalized spacial score (nSPS) is 13.2. The number of hydrogen-bond acceptors (Lipinski definition) is 5. The SMILES string of the molecule is CC(c1ccccc1)N(C)C(Cc1cccc(Nc2c(N)c(=O)c2=O)c1)c1ccccc1. The maximum absolute atomic E-state index is 11.8. The average molecular weight is 426 g/mol. The van der Waals surface area contributed by atoms with E-state index in [2.05, 4.69) is 78.8 Å². The number of likely N-dealkylation sites (N-methyl/N-ethyl adjacent to an activating group) is 1. The third-order valence-corrected chi connectivity index (χ3v) is 6.14. The molecule has 0 saturated carbocycles. The van der Waals surface area contributed by atoms with Gasteiger partial charge in [-0.25, -0.2) is 0 Å². The van der Waals surface area contributed by atoms with Crippen LogP contribution in [0.5, 0.6) is 0 Å². The average Bonchev–Trinajstić information content (AvgIpc) is 2.85. The van der Waals surface area contributed by atoms with E-state index in [0.717, 1.165) is 17.7 Å². The Bertz CT molecular complexity index is 1260. The van der Waals surface area contributed by atoms with E-state index in [-0.39, 0.29) is 23.5 Å². The molecule has 4 aromatic rings. The molecule has 32 heavy (non-hydrogen) atoms. The molecule has 4 aromatic carbocycles. The van der Waals surface area contributed by atoms with E-state index < -0.39 is 10.9 Å². The predicted molar refractivity (Wildman–Crippen MR) is 131 cm³/mol. The van der Waals surface area contributed by atoms with Gasteiger partial charge in [0.25, 0.3) is 10.9 Å². The van der Waals surface area contributed by atoms with Gasteiger partial charge in [0, 0.05) is 17.8 Å². The van der Waals surface area contributed by atoms with Crippen molar-refractivity contribution in [2.75, 3.05) is 18.1 Å². The Morgan fingerprint density at radius 3 is 2.09 bits per heavy atom. The highest BCUT2D eigenvalue weighted by molar-refractivity contribution is 5.76. The fourth-order valence-electron chi connectivity index (χ4n) is 4.09. The van der Waals surface area contributed by atoms with E-state index in [9.17, 15) is 9.59 Å². The third-order valence-electron chi connectivity index (χ3n) is 6.14. The first kappa shape index (κ1) is 21.5. The third kappa shape index (κ3) is 4.34. The number of benzene rings is 3. The van der Waals surface area contributed by atoms with E-state index in [4.69, 9.17) is 5.73 Å². The van der Waals surface area contributed by atoms with E-state index in [1.54, 1.807) is 0 Å². The molecule has 0 bridgehead atoms. The summed E-state index contributed by atoms with van der Waals surface area (Å²) in [5.41, 5.74) is 9.03. The molecule has 3 N–H and O–H groups in total. The summed E-state index contributed by atoms with van der Waals surface area (Å²) in [6.07, 6.45) is 0.786. The molecule has 0 aliphatic rings. The quantitative estimate of drug-likeness (QED) is 0.404. The molecule has 5 heteroatoms. The van der Waals surface area contributed by atoms with Crippen molar-refractivity contribution in [1.29, 1.82) is 0 Å². The zero-order chi connectivity index (χ0) is 22.7. The Morgan fingerprint density at radius 2 is 1.47 bits per heavy atom. The van der Waals surface area contributed by atoms with Gasteiger partial charge in [-0.2, -0.15) is 0 Å². The van der Waals surface area contributed by atoms with E-state index in [1.165, 1.54) is 11.1 Å². The van der Waals surface area contributed by atoms with Crippen LogP contribution in [0.2, 0.25) is 0 Å². The Balaban J connectivity index is 1.60. The topological polar surface area (TPSA) is 75.4 Å². The second kappa shape index (κ2) is 9.20. The van der Waals surface area contributed by atoms with Crippen LogP contribution in [-0.4, -0.2) is 11.9 Å². The molecule has 5 nitrogen and oxygen atoms in total. The molecule has 0 fully saturated rings. The highest BCUT2D eigenvalue weighted by Crippen LogP contribution is 2.32. The Labute approximate surface area is 187 Å². The minimum atomic E-state index is -0.621. The van der Waals surface area contributed by atoms with Gasteiger partial charge in [0.15, 0.2) is 0 Å². The van der Waals surface area contributed by atoms with Crippen molar-refractivity contribution in [2.24, 2.45) is 0 Å². The van der Waals surface area contributed by atoms with Crippen molar-refractivity contribution < 1.29 is 0 Å². The fourth-order valence-corrected chi connectivity index (χ4v) is 4.09. The summed E-state index contributed by atoms with van der Waals surface area (Å²) in [6.45, 7) is 2.22. The molecule has 2 atom stereocenters. The van der Waals surface area contributed by atoms with E-state index in [1.807, 2.05) is 30.3 Å². The minimum absolute atomic E-state index is 0.000940. The summed E-state index contributed by atoms with van der Waals surface area (Å²) in [4.78, 5) is 25.6. The molecule has 0 aromatic heterocycles. The first-order chi connectivity index (χ1) is 15.5. The fraction of sp³-hybridized carbons (Fsp3) is 0.185. The molecule has 0 saturated heterocycles. The molecule has 0 amide bonds. The molecular formula is C27H27N3O2. The van der Waals surface area contributed by atoms with Gasteiger partial charge < -0.3 is 11.1 Å². The predicted octanol–water partition coefficient (Wildman–Crippen LogP) is 4.59. The van der Waals surface area contributed by atoms with Crippen LogP contribution in [0, 0.1) is 0 Å². The summed E-state index contributed by atoms with van der Waals surface area (Å²) in [5, 5.41) is 3.01. The minimum Gasteiger partial charge on any atom is -0.394 e. The lowest BCUT2D eigenvalue weighted by atomic mass is 9.95. The summed E-state index contributed by atoms with van der Waals surface area (Å²) >= 11 is 0. The standard InChI is InChI=1S/C27H27N3O2/c1-18(20-11-5-3-6-12-20)30(2)23(21-13-7-4-8-14-21)17-19-10-9-15-22(16-19)29-25-24(28)26(31)27(25)32/h3-16,18,23,29H,17,28H2,1-2H3. The van der Waals surface area contributed by atoms with Gasteiger partial charge >= 0.3 is 0 Å². The molecule has 0 spiro atoms. The first-order valence-corrected chi connectivity index (χ1v) is 10.7. The van der Waals surface area contributed by atoms with Crippen molar-refractivity contribution in [3.8, 4) is 0 Å². The number of nitrogens with one attached hydrogen (secondary N) is 1. The van der Waals surface area contributed by atoms with Crippen molar-refractivity contribution >= 4 is 17.1 Å². The van der Waals surface area contributed by atoms with Gasteiger partial charge in [0.2, 0.25) is 0 Å². The molecular weight excluding hydrogens is 398 g/mol. The number of rotatable bonds is 8. The summed E-state index contributed by atoms with van der Waals surface area (Å²) in [5.74, 6) is 0. The number of nitrogens with two attached hydrogens (primary N) is 1. The molecule has 0 heterocycles. The van der Waals surface area contributed by atoms with Crippen LogP contribution in [0.4, 0.5) is 17.1 Å². The van der Waals surface area contributed by atoms with Crippen LogP contribution in [-0.2, 0) is 6.42 Å². The highest BCUT2D eigenvalue weighted by Gasteiger charge is 2.23. The van der Waals surface area contributed by atoms with Crippen LogP contribution >= 0.6 is 0 Å². The molecule has 0 aliphatic carbocycles. The maximum Gasteiger partial charge on any atom is 0.253 e. The number of nitrogens with zero attached hydrogens (tertiary/aromatic N) is 1. The monoisotopic (exact) mass is 425 g/mol. The molecule has 0 radical (unpaired) electrons. The second-order valence-electron chi connectivity index (χ2n) is 8.16. The smallest absolute Gasteiger partial charge is 0.253 e. The lowest BCUT2D eigenvalue weighted by molar-refractivity contribution is 0.184. The van der Waals surface area contributed by atoms with Gasteiger partial charge in [0.05, 0.1) is 0 Å². The van der Waals surface area contributed by atoms with Gasteiger partial charge in [-0.1, -0.05) is 72.8 Å². The Kier molecular flexibility index (Phi) is 6.19. The van der Waals surface area contributed by atoms with Crippen LogP contribution in [0.3, 0.4) is 0 Å². The van der Waals surface area contributed by atoms with Gasteiger partial charge in [-0.05, 0) is 49.2 Å². The van der Waals surface area contributed by atoms with Gasteiger partial charge in [-0.3, -0.25) is 14.5 Å². The summed E-state index contributed by atoms with van der Waals surface area (Å²) < 4.78 is 0. The number of anilines is 3. The molecule has 4 rings (SSSR count). The second-order valence-corrected chi connectivity index (χ2v) is 8.16. The van der Waals surface area contributed by atoms with Crippen molar-refractivity contribution in [3.63, 3.8) is 0 Å². The summed E-state index contributed by atoms with van der Waals surface area (Å²) in [6, 6.07) is 29.2. The van der Waals surface area contributed by atoms with Gasteiger partial charge in [0.1, 0.15) is 11.4 Å². The lowest BCUT2D eigenvalue weighted by Crippen LogP contribution is -2.36. The zero-order valence-corrected chi connectivity index (χ0v) is 18.3. The molecule has 2 unspecified atom stereocenters. The van der Waals surface area contributed by atoms with Gasteiger partial charge in [-0.15, -0.1) is 0 Å². The largest absolute Gasteiger partial charge is 0.394 e. The summed E-state index contributed by atoms with van der Waals surface area (Å²) in [7, 11) is 2.15. The van der Waals surface area contributed by atoms with E-state index >= 15 is 0 Å². The van der Waals surface area contributed by atoms with E-state index in [0.29, 0.717) is 0 Å². The maximum atomic E-state index is 11.8. The first-order valence-electron chi connectivity index (χ1n) is 10.7. The lowest BCUT2D eigenvalue weighted by Gasteiger charge is -2.34. The Hall–Kier alpha value is -3.70. The van der Waals surface area contributed by atoms with Crippen molar-refractivity contribution in [3.05, 3.63) is 122 Å². The number of hydrogen-bond donors (Lipinski definition) is 2. The van der Waals surface area contributed by atoms with Crippen LogP contribution in [0.25, 0.3) is 0 Å². The molecule has 0 aliphatic heterocycles. The zero-order valence-electron chi connectivity index (χ0n) is 18.3. The van der Waals surface area contributed by atoms with Crippen LogP contribution in [0.1, 0.15) is 35.7 Å². The van der Waals surface area contributed by atoms with Crippen LogP contribution in [0.15, 0.2) is 94.5 Å².